The first-order chi connectivity index (χ1) is 14.1. The number of carbonyl (C=O) groups excluding carboxylic acids is 2. The van der Waals surface area contributed by atoms with Crippen molar-refractivity contribution in [2.24, 2.45) is 5.73 Å². The van der Waals surface area contributed by atoms with E-state index in [4.69, 9.17) is 10.6 Å². The Bertz CT molecular complexity index is 1070. The van der Waals surface area contributed by atoms with E-state index in [0.29, 0.717) is 6.54 Å². The van der Waals surface area contributed by atoms with E-state index >= 15 is 0 Å². The van der Waals surface area contributed by atoms with Gasteiger partial charge in [-0.05, 0) is 23.3 Å². The summed E-state index contributed by atoms with van der Waals surface area (Å²) in [6.45, 7) is 0.643. The van der Waals surface area contributed by atoms with Gasteiger partial charge in [0.25, 0.3) is 0 Å². The zero-order valence-electron chi connectivity index (χ0n) is 15.4. The maximum atomic E-state index is 13.0. The summed E-state index contributed by atoms with van der Waals surface area (Å²) >= 11 is 1.47. The van der Waals surface area contributed by atoms with Gasteiger partial charge in [0.05, 0.1) is 6.54 Å². The summed E-state index contributed by atoms with van der Waals surface area (Å²) in [4.78, 5) is 38.6. The fraction of sp³-hybridized carbons (Fsp3) is 0.190. The van der Waals surface area contributed by atoms with E-state index in [1.165, 1.54) is 21.3 Å². The standard InChI is InChI=1S/C21H18N4O3S/c22-20(26)18-19-15(9-17(29-19)14-7-4-8-23-10-14)16-11-24(18)21(27)25(16)28-12-13-5-2-1-3-6-13/h1-10,16,18H,11-12H2,(H2,22,26)/t16-,18+/m1/s1. The average molecular weight is 406 g/mol. The molecule has 0 aliphatic carbocycles. The van der Waals surface area contributed by atoms with Crippen LogP contribution < -0.4 is 5.73 Å². The number of nitrogens with zero attached hydrogens (tertiary/aromatic N) is 3. The summed E-state index contributed by atoms with van der Waals surface area (Å²) < 4.78 is 0. The highest BCUT2D eigenvalue weighted by Gasteiger charge is 2.51. The average Bonchev–Trinajstić information content (AvgIpc) is 3.30. The number of aromatic nitrogens is 1. The van der Waals surface area contributed by atoms with Crippen LogP contribution in [0.25, 0.3) is 10.4 Å². The van der Waals surface area contributed by atoms with Gasteiger partial charge in [0, 0.05) is 27.7 Å². The quantitative estimate of drug-likeness (QED) is 0.704. The second-order valence-corrected chi connectivity index (χ2v) is 8.10. The van der Waals surface area contributed by atoms with E-state index in [9.17, 15) is 9.59 Å². The zero-order chi connectivity index (χ0) is 20.0. The largest absolute Gasteiger partial charge is 0.368 e. The molecule has 1 saturated heterocycles. The molecule has 2 bridgehead atoms. The third-order valence-corrected chi connectivity index (χ3v) is 6.48. The number of thiophene rings is 1. The van der Waals surface area contributed by atoms with E-state index in [2.05, 4.69) is 4.98 Å². The Balaban J connectivity index is 1.51. The number of hydroxylamine groups is 2. The third kappa shape index (κ3) is 2.97. The number of carbonyl (C=O) groups is 2. The van der Waals surface area contributed by atoms with Crippen molar-refractivity contribution in [3.63, 3.8) is 0 Å². The van der Waals surface area contributed by atoms with Crippen molar-refractivity contribution in [2.45, 2.75) is 18.7 Å². The van der Waals surface area contributed by atoms with Gasteiger partial charge < -0.3 is 10.6 Å². The number of hydrogen-bond acceptors (Lipinski definition) is 5. The van der Waals surface area contributed by atoms with Gasteiger partial charge in [0.2, 0.25) is 5.91 Å². The van der Waals surface area contributed by atoms with Gasteiger partial charge in [-0.1, -0.05) is 36.4 Å². The lowest BCUT2D eigenvalue weighted by molar-refractivity contribution is -0.141. The van der Waals surface area contributed by atoms with Crippen LogP contribution >= 0.6 is 11.3 Å². The fourth-order valence-corrected chi connectivity index (χ4v) is 5.20. The highest BCUT2D eigenvalue weighted by Crippen LogP contribution is 2.49. The molecule has 3 aromatic rings. The highest BCUT2D eigenvalue weighted by atomic mass is 32.1. The topological polar surface area (TPSA) is 88.8 Å². The number of hydrogen-bond donors (Lipinski definition) is 1. The van der Waals surface area contributed by atoms with Crippen LogP contribution in [0.3, 0.4) is 0 Å². The molecule has 7 nitrogen and oxygen atoms in total. The fourth-order valence-electron chi connectivity index (χ4n) is 3.87. The van der Waals surface area contributed by atoms with Crippen molar-refractivity contribution in [2.75, 3.05) is 6.54 Å². The molecule has 146 valence electrons. The minimum absolute atomic E-state index is 0.271. The van der Waals surface area contributed by atoms with Gasteiger partial charge >= 0.3 is 6.03 Å². The van der Waals surface area contributed by atoms with Crippen LogP contribution in [0.2, 0.25) is 0 Å². The molecule has 0 unspecified atom stereocenters. The SMILES string of the molecule is NC(=O)[C@@H]1c2sc(-c3cccnc3)cc2[C@H]2CN1C(=O)N2OCc1ccccc1. The van der Waals surface area contributed by atoms with Crippen LogP contribution in [0.1, 0.15) is 28.1 Å². The van der Waals surface area contributed by atoms with Crippen LogP contribution in [0, 0.1) is 0 Å². The Kier molecular flexibility index (Phi) is 4.30. The number of urea groups is 1. The smallest absolute Gasteiger partial charge is 0.345 e. The molecule has 8 heteroatoms. The molecule has 1 aromatic carbocycles. The molecule has 0 saturated carbocycles. The number of rotatable bonds is 5. The van der Waals surface area contributed by atoms with Gasteiger partial charge in [-0.2, -0.15) is 5.06 Å². The Morgan fingerprint density at radius 2 is 2.07 bits per heavy atom. The summed E-state index contributed by atoms with van der Waals surface area (Å²) in [6, 6.07) is 14.1. The third-order valence-electron chi connectivity index (χ3n) is 5.23. The van der Waals surface area contributed by atoms with E-state index < -0.39 is 11.9 Å². The van der Waals surface area contributed by atoms with Crippen molar-refractivity contribution in [1.82, 2.24) is 14.9 Å². The van der Waals surface area contributed by atoms with Gasteiger partial charge in [-0.25, -0.2) is 4.79 Å². The highest BCUT2D eigenvalue weighted by molar-refractivity contribution is 7.15. The molecule has 0 spiro atoms. The van der Waals surface area contributed by atoms with Crippen molar-refractivity contribution < 1.29 is 14.4 Å². The summed E-state index contributed by atoms with van der Waals surface area (Å²) in [7, 11) is 0. The number of benzene rings is 1. The second-order valence-electron chi connectivity index (χ2n) is 7.01. The van der Waals surface area contributed by atoms with Gasteiger partial charge in [-0.15, -0.1) is 11.3 Å². The maximum absolute atomic E-state index is 13.0. The monoisotopic (exact) mass is 406 g/mol. The number of primary amides is 1. The van der Waals surface area contributed by atoms with Gasteiger partial charge in [0.1, 0.15) is 18.7 Å². The predicted octanol–water partition coefficient (Wildman–Crippen LogP) is 3.26. The minimum Gasteiger partial charge on any atom is -0.368 e. The summed E-state index contributed by atoms with van der Waals surface area (Å²) in [5.74, 6) is -0.539. The van der Waals surface area contributed by atoms with Crippen LogP contribution in [-0.2, 0) is 16.2 Å². The summed E-state index contributed by atoms with van der Waals surface area (Å²) in [5.41, 5.74) is 8.52. The molecule has 2 aromatic heterocycles. The molecular weight excluding hydrogens is 388 g/mol. The molecule has 2 N–H and O–H groups in total. The zero-order valence-corrected chi connectivity index (χ0v) is 16.2. The first-order valence-corrected chi connectivity index (χ1v) is 10.0. The van der Waals surface area contributed by atoms with E-state index in [-0.39, 0.29) is 18.7 Å². The van der Waals surface area contributed by atoms with Crippen molar-refractivity contribution >= 4 is 23.3 Å². The number of fused-ring (bicyclic) bond motifs is 4. The van der Waals surface area contributed by atoms with Crippen molar-refractivity contribution in [3.8, 4) is 10.4 Å². The molecule has 29 heavy (non-hydrogen) atoms. The van der Waals surface area contributed by atoms with Crippen LogP contribution in [0.15, 0.2) is 60.9 Å². The van der Waals surface area contributed by atoms with E-state index in [1.54, 1.807) is 12.4 Å². The molecule has 2 aliphatic rings. The molecular formula is C21H18N4O3S. The number of amides is 3. The Morgan fingerprint density at radius 1 is 1.24 bits per heavy atom. The molecule has 4 heterocycles. The minimum atomic E-state index is -0.783. The first-order valence-electron chi connectivity index (χ1n) is 9.23. The van der Waals surface area contributed by atoms with Crippen LogP contribution in [0.4, 0.5) is 4.79 Å². The molecule has 5 rings (SSSR count). The lowest BCUT2D eigenvalue weighted by Gasteiger charge is -2.28. The Morgan fingerprint density at radius 3 is 2.79 bits per heavy atom. The lowest BCUT2D eigenvalue weighted by Crippen LogP contribution is -2.40. The summed E-state index contributed by atoms with van der Waals surface area (Å²) in [5, 5.41) is 1.38. The maximum Gasteiger partial charge on any atom is 0.345 e. The second kappa shape index (κ2) is 6.98. The van der Waals surface area contributed by atoms with Gasteiger partial charge in [0.15, 0.2) is 0 Å². The molecule has 0 radical (unpaired) electrons. The van der Waals surface area contributed by atoms with E-state index in [1.807, 2.05) is 48.5 Å². The predicted molar refractivity (Wildman–Crippen MR) is 107 cm³/mol. The van der Waals surface area contributed by atoms with Crippen LogP contribution in [0.5, 0.6) is 0 Å². The molecule has 1 fully saturated rings. The number of nitrogens with two attached hydrogens (primary N) is 1. The Labute approximate surface area is 171 Å². The number of pyridine rings is 1. The molecule has 3 amide bonds. The molecule has 2 atom stereocenters. The van der Waals surface area contributed by atoms with Crippen molar-refractivity contribution in [3.05, 3.63) is 76.9 Å². The first kappa shape index (κ1) is 17.8. The van der Waals surface area contributed by atoms with E-state index in [0.717, 1.165) is 26.4 Å². The van der Waals surface area contributed by atoms with Gasteiger partial charge in [-0.3, -0.25) is 14.6 Å². The normalized spacial score (nSPS) is 20.1. The summed E-state index contributed by atoms with van der Waals surface area (Å²) in [6.07, 6.45) is 3.50. The van der Waals surface area contributed by atoms with Crippen molar-refractivity contribution in [1.29, 1.82) is 0 Å². The van der Waals surface area contributed by atoms with Crippen LogP contribution in [-0.4, -0.2) is 33.4 Å². The lowest BCUT2D eigenvalue weighted by atomic mass is 9.98. The Hall–Kier alpha value is -3.23. The molecule has 2 aliphatic heterocycles.